The lowest BCUT2D eigenvalue weighted by molar-refractivity contribution is 0.0696. The zero-order valence-electron chi connectivity index (χ0n) is 15.5. The summed E-state index contributed by atoms with van der Waals surface area (Å²) in [5, 5.41) is 10.7. The Bertz CT molecular complexity index is 950. The van der Waals surface area contributed by atoms with Crippen molar-refractivity contribution in [2.75, 3.05) is 5.75 Å². The summed E-state index contributed by atoms with van der Waals surface area (Å²) in [6.07, 6.45) is 3.09. The summed E-state index contributed by atoms with van der Waals surface area (Å²) in [7, 11) is 0. The molecule has 0 spiro atoms. The Morgan fingerprint density at radius 1 is 1.15 bits per heavy atom. The van der Waals surface area contributed by atoms with Crippen molar-refractivity contribution in [3.05, 3.63) is 70.9 Å². The van der Waals surface area contributed by atoms with Crippen LogP contribution < -0.4 is 0 Å². The third-order valence-corrected chi connectivity index (χ3v) is 4.93. The highest BCUT2D eigenvalue weighted by Crippen LogP contribution is 2.27. The standard InChI is InChI=1S/C22H25NO2S/c1-22(2,3)18-11-15(10-17(12-18)21(24)25)13-23-14-16(8-9-26)19-6-4-5-7-20(19)23/h4-7,10-12,14,26H,8-9,13H2,1-3H3,(H,24,25). The quantitative estimate of drug-likeness (QED) is 0.612. The second-order valence-electron chi connectivity index (χ2n) is 7.75. The molecule has 0 saturated carbocycles. The highest BCUT2D eigenvalue weighted by Gasteiger charge is 2.18. The molecule has 26 heavy (non-hydrogen) atoms. The molecule has 0 fully saturated rings. The average molecular weight is 368 g/mol. The number of aryl methyl sites for hydroxylation is 1. The van der Waals surface area contributed by atoms with Gasteiger partial charge in [-0.2, -0.15) is 12.6 Å². The second-order valence-corrected chi connectivity index (χ2v) is 8.19. The van der Waals surface area contributed by atoms with Gasteiger partial charge in [0.15, 0.2) is 0 Å². The van der Waals surface area contributed by atoms with Gasteiger partial charge in [-0.15, -0.1) is 0 Å². The fourth-order valence-corrected chi connectivity index (χ4v) is 3.55. The van der Waals surface area contributed by atoms with Gasteiger partial charge in [-0.25, -0.2) is 4.79 Å². The van der Waals surface area contributed by atoms with E-state index in [0.29, 0.717) is 12.1 Å². The van der Waals surface area contributed by atoms with Crippen LogP contribution in [0.2, 0.25) is 0 Å². The van der Waals surface area contributed by atoms with E-state index in [-0.39, 0.29) is 5.41 Å². The lowest BCUT2D eigenvalue weighted by atomic mass is 9.85. The third kappa shape index (κ3) is 3.80. The number of carboxylic acids is 1. The molecule has 0 atom stereocenters. The molecule has 0 aliphatic rings. The topological polar surface area (TPSA) is 42.2 Å². The molecule has 0 radical (unpaired) electrons. The summed E-state index contributed by atoms with van der Waals surface area (Å²) >= 11 is 4.37. The first-order chi connectivity index (χ1) is 12.3. The number of rotatable bonds is 5. The van der Waals surface area contributed by atoms with Crippen molar-refractivity contribution in [3.8, 4) is 0 Å². The largest absolute Gasteiger partial charge is 0.478 e. The molecule has 3 rings (SSSR count). The molecule has 3 nitrogen and oxygen atoms in total. The van der Waals surface area contributed by atoms with Crippen molar-refractivity contribution in [1.29, 1.82) is 0 Å². The lowest BCUT2D eigenvalue weighted by Crippen LogP contribution is -2.14. The highest BCUT2D eigenvalue weighted by atomic mass is 32.1. The predicted molar refractivity (Wildman–Crippen MR) is 111 cm³/mol. The van der Waals surface area contributed by atoms with Crippen LogP contribution in [0.25, 0.3) is 10.9 Å². The smallest absolute Gasteiger partial charge is 0.335 e. The van der Waals surface area contributed by atoms with Crippen LogP contribution in [0.1, 0.15) is 47.8 Å². The first-order valence-electron chi connectivity index (χ1n) is 8.85. The fraction of sp³-hybridized carbons (Fsp3) is 0.318. The first kappa shape index (κ1) is 18.6. The summed E-state index contributed by atoms with van der Waals surface area (Å²) < 4.78 is 2.21. The number of aromatic nitrogens is 1. The van der Waals surface area contributed by atoms with Crippen LogP contribution in [0.5, 0.6) is 0 Å². The zero-order chi connectivity index (χ0) is 18.9. The maximum absolute atomic E-state index is 11.6. The van der Waals surface area contributed by atoms with E-state index in [1.165, 1.54) is 16.5 Å². The molecule has 0 amide bonds. The Hall–Kier alpha value is -2.20. The Balaban J connectivity index is 2.07. The molecule has 1 heterocycles. The number of thiol groups is 1. The fourth-order valence-electron chi connectivity index (χ4n) is 3.31. The monoisotopic (exact) mass is 367 g/mol. The van der Waals surface area contributed by atoms with Gasteiger partial charge in [0.1, 0.15) is 0 Å². The van der Waals surface area contributed by atoms with Crippen LogP contribution in [0.15, 0.2) is 48.7 Å². The van der Waals surface area contributed by atoms with Crippen LogP contribution in [-0.2, 0) is 18.4 Å². The Morgan fingerprint density at radius 2 is 1.88 bits per heavy atom. The minimum atomic E-state index is -0.884. The van der Waals surface area contributed by atoms with Crippen molar-refractivity contribution < 1.29 is 9.90 Å². The number of hydrogen-bond acceptors (Lipinski definition) is 2. The van der Waals surface area contributed by atoms with E-state index >= 15 is 0 Å². The molecule has 1 N–H and O–H groups in total. The van der Waals surface area contributed by atoms with Crippen molar-refractivity contribution in [1.82, 2.24) is 4.57 Å². The van der Waals surface area contributed by atoms with Crippen LogP contribution >= 0.6 is 12.6 Å². The van der Waals surface area contributed by atoms with Gasteiger partial charge < -0.3 is 9.67 Å². The molecule has 4 heteroatoms. The number of carbonyl (C=O) groups is 1. The van der Waals surface area contributed by atoms with Gasteiger partial charge in [-0.3, -0.25) is 0 Å². The summed E-state index contributed by atoms with van der Waals surface area (Å²) in [5.74, 6) is -0.0816. The molecule has 0 bridgehead atoms. The SMILES string of the molecule is CC(C)(C)c1cc(Cn2cc(CCS)c3ccccc32)cc(C(=O)O)c1. The van der Waals surface area contributed by atoms with E-state index in [2.05, 4.69) is 68.4 Å². The van der Waals surface area contributed by atoms with Crippen LogP contribution in [0.4, 0.5) is 0 Å². The second kappa shape index (κ2) is 7.20. The van der Waals surface area contributed by atoms with Crippen molar-refractivity contribution in [2.45, 2.75) is 39.2 Å². The number of benzene rings is 2. The molecule has 0 unspecified atom stereocenters. The van der Waals surface area contributed by atoms with Crippen molar-refractivity contribution in [2.24, 2.45) is 0 Å². The molecule has 0 aliphatic carbocycles. The molecule has 136 valence electrons. The van der Waals surface area contributed by atoms with E-state index in [1.807, 2.05) is 6.07 Å². The maximum atomic E-state index is 11.6. The van der Waals surface area contributed by atoms with Crippen LogP contribution in [0, 0.1) is 0 Å². The number of fused-ring (bicyclic) bond motifs is 1. The van der Waals surface area contributed by atoms with Crippen LogP contribution in [-0.4, -0.2) is 21.4 Å². The van der Waals surface area contributed by atoms with E-state index in [4.69, 9.17) is 0 Å². The van der Waals surface area contributed by atoms with Gasteiger partial charge >= 0.3 is 5.97 Å². The molecule has 2 aromatic carbocycles. The van der Waals surface area contributed by atoms with Crippen molar-refractivity contribution >= 4 is 29.5 Å². The number of para-hydroxylation sites is 1. The Labute approximate surface area is 160 Å². The van der Waals surface area contributed by atoms with E-state index in [9.17, 15) is 9.90 Å². The van der Waals surface area contributed by atoms with E-state index in [1.54, 1.807) is 12.1 Å². The Morgan fingerprint density at radius 3 is 2.54 bits per heavy atom. The Kier molecular flexibility index (Phi) is 5.15. The molecular formula is C22H25NO2S. The zero-order valence-corrected chi connectivity index (χ0v) is 16.4. The van der Waals surface area contributed by atoms with E-state index in [0.717, 1.165) is 23.3 Å². The summed E-state index contributed by atoms with van der Waals surface area (Å²) in [4.78, 5) is 11.6. The van der Waals surface area contributed by atoms with Gasteiger partial charge in [0.05, 0.1) is 5.56 Å². The highest BCUT2D eigenvalue weighted by molar-refractivity contribution is 7.80. The number of hydrogen-bond donors (Lipinski definition) is 2. The summed E-state index contributed by atoms with van der Waals surface area (Å²) in [6, 6.07) is 14.0. The normalized spacial score (nSPS) is 11.8. The van der Waals surface area contributed by atoms with Gasteiger partial charge in [0, 0.05) is 23.6 Å². The summed E-state index contributed by atoms with van der Waals surface area (Å²) in [6.45, 7) is 6.96. The molecule has 1 aromatic heterocycles. The predicted octanol–water partition coefficient (Wildman–Crippen LogP) is 5.16. The average Bonchev–Trinajstić information content (AvgIpc) is 2.92. The molecule has 3 aromatic rings. The van der Waals surface area contributed by atoms with Gasteiger partial charge in [-0.05, 0) is 52.5 Å². The molecular weight excluding hydrogens is 342 g/mol. The van der Waals surface area contributed by atoms with Gasteiger partial charge in [-0.1, -0.05) is 45.0 Å². The molecule has 0 saturated heterocycles. The number of nitrogens with zero attached hydrogens (tertiary/aromatic N) is 1. The minimum absolute atomic E-state index is 0.101. The first-order valence-corrected chi connectivity index (χ1v) is 9.48. The van der Waals surface area contributed by atoms with Gasteiger partial charge in [0.25, 0.3) is 0 Å². The lowest BCUT2D eigenvalue weighted by Gasteiger charge is -2.21. The van der Waals surface area contributed by atoms with Gasteiger partial charge in [0.2, 0.25) is 0 Å². The molecule has 0 aliphatic heterocycles. The van der Waals surface area contributed by atoms with E-state index < -0.39 is 5.97 Å². The number of carboxylic acid groups (broad SMARTS) is 1. The third-order valence-electron chi connectivity index (χ3n) is 4.71. The van der Waals surface area contributed by atoms with Crippen LogP contribution in [0.3, 0.4) is 0 Å². The minimum Gasteiger partial charge on any atom is -0.478 e. The summed E-state index contributed by atoms with van der Waals surface area (Å²) in [5.41, 5.74) is 4.74. The maximum Gasteiger partial charge on any atom is 0.335 e. The van der Waals surface area contributed by atoms with Crippen molar-refractivity contribution in [3.63, 3.8) is 0 Å². The number of aromatic carboxylic acids is 1.